The molecule has 1 aliphatic rings. The fourth-order valence-corrected chi connectivity index (χ4v) is 2.88. The van der Waals surface area contributed by atoms with Gasteiger partial charge in [0.05, 0.1) is 22.8 Å². The predicted octanol–water partition coefficient (Wildman–Crippen LogP) is 4.05. The summed E-state index contributed by atoms with van der Waals surface area (Å²) in [6.07, 6.45) is 3.57. The molecule has 1 fully saturated rings. The van der Waals surface area contributed by atoms with Crippen molar-refractivity contribution in [2.45, 2.75) is 38.8 Å². The zero-order chi connectivity index (χ0) is 14.4. The lowest BCUT2D eigenvalue weighted by molar-refractivity contribution is 0.110. The van der Waals surface area contributed by atoms with E-state index in [0.717, 1.165) is 44.5 Å². The van der Waals surface area contributed by atoms with Crippen molar-refractivity contribution in [2.75, 3.05) is 19.8 Å². The van der Waals surface area contributed by atoms with Crippen LogP contribution in [0.3, 0.4) is 0 Å². The highest BCUT2D eigenvalue weighted by atomic mass is 35.5. The van der Waals surface area contributed by atoms with E-state index < -0.39 is 0 Å². The first kappa shape index (κ1) is 15.9. The summed E-state index contributed by atoms with van der Waals surface area (Å²) < 4.78 is 11.1. The normalized spacial score (nSPS) is 18.4. The van der Waals surface area contributed by atoms with Crippen molar-refractivity contribution < 1.29 is 9.47 Å². The van der Waals surface area contributed by atoms with Gasteiger partial charge in [0.15, 0.2) is 5.75 Å². The molecule has 1 heterocycles. The summed E-state index contributed by atoms with van der Waals surface area (Å²) in [4.78, 5) is 0. The number of ether oxygens (including phenoxy) is 2. The highest BCUT2D eigenvalue weighted by Gasteiger charge is 2.15. The lowest BCUT2D eigenvalue weighted by Crippen LogP contribution is -2.25. The van der Waals surface area contributed by atoms with Crippen LogP contribution < -0.4 is 10.1 Å². The Labute approximate surface area is 130 Å². The minimum absolute atomic E-state index is 0.341. The number of halogens is 2. The van der Waals surface area contributed by atoms with E-state index in [2.05, 4.69) is 5.32 Å². The Morgan fingerprint density at radius 2 is 2.10 bits per heavy atom. The van der Waals surface area contributed by atoms with E-state index in [4.69, 9.17) is 32.7 Å². The molecule has 1 aliphatic heterocycles. The Morgan fingerprint density at radius 3 is 2.70 bits per heavy atom. The van der Waals surface area contributed by atoms with Crippen LogP contribution in [-0.2, 0) is 11.3 Å². The first-order valence-corrected chi connectivity index (χ1v) is 7.89. The van der Waals surface area contributed by atoms with Gasteiger partial charge in [-0.3, -0.25) is 0 Å². The third-order valence-corrected chi connectivity index (χ3v) is 3.80. The summed E-state index contributed by atoms with van der Waals surface area (Å²) in [7, 11) is 0. The SMILES string of the molecule is CCCOc1c(Cl)cc(CNCC2CCCO2)cc1Cl. The number of hydrogen-bond acceptors (Lipinski definition) is 3. The van der Waals surface area contributed by atoms with E-state index >= 15 is 0 Å². The van der Waals surface area contributed by atoms with Crippen LogP contribution in [0.15, 0.2) is 12.1 Å². The molecular weight excluding hydrogens is 297 g/mol. The molecule has 0 aromatic heterocycles. The van der Waals surface area contributed by atoms with Crippen LogP contribution in [0.4, 0.5) is 0 Å². The molecule has 2 rings (SSSR count). The van der Waals surface area contributed by atoms with Crippen LogP contribution in [0, 0.1) is 0 Å². The summed E-state index contributed by atoms with van der Waals surface area (Å²) in [5.41, 5.74) is 1.06. The van der Waals surface area contributed by atoms with Crippen LogP contribution in [-0.4, -0.2) is 25.9 Å². The Kier molecular flexibility index (Phi) is 6.43. The van der Waals surface area contributed by atoms with Gasteiger partial charge in [0, 0.05) is 19.7 Å². The summed E-state index contributed by atoms with van der Waals surface area (Å²) in [5, 5.41) is 4.52. The van der Waals surface area contributed by atoms with Gasteiger partial charge in [-0.05, 0) is 37.0 Å². The molecule has 1 unspecified atom stereocenters. The third kappa shape index (κ3) is 4.52. The Bertz CT molecular complexity index is 411. The fraction of sp³-hybridized carbons (Fsp3) is 0.600. The van der Waals surface area contributed by atoms with Gasteiger partial charge in [-0.2, -0.15) is 0 Å². The van der Waals surface area contributed by atoms with Crippen LogP contribution in [0.2, 0.25) is 10.0 Å². The molecule has 0 spiro atoms. The van der Waals surface area contributed by atoms with Gasteiger partial charge in [-0.15, -0.1) is 0 Å². The maximum absolute atomic E-state index is 6.21. The van der Waals surface area contributed by atoms with Gasteiger partial charge in [-0.1, -0.05) is 30.1 Å². The summed E-state index contributed by atoms with van der Waals surface area (Å²) in [6, 6.07) is 3.81. The second-order valence-corrected chi connectivity index (χ2v) is 5.82. The van der Waals surface area contributed by atoms with Crippen LogP contribution in [0.1, 0.15) is 31.7 Å². The van der Waals surface area contributed by atoms with Gasteiger partial charge in [0.25, 0.3) is 0 Å². The van der Waals surface area contributed by atoms with E-state index in [1.807, 2.05) is 19.1 Å². The monoisotopic (exact) mass is 317 g/mol. The van der Waals surface area contributed by atoms with E-state index in [1.54, 1.807) is 0 Å². The van der Waals surface area contributed by atoms with Crippen molar-refractivity contribution in [3.8, 4) is 5.75 Å². The molecule has 0 radical (unpaired) electrons. The van der Waals surface area contributed by atoms with Gasteiger partial charge in [0.1, 0.15) is 0 Å². The summed E-state index contributed by atoms with van der Waals surface area (Å²) >= 11 is 12.4. The third-order valence-electron chi connectivity index (χ3n) is 3.23. The number of rotatable bonds is 7. The van der Waals surface area contributed by atoms with Crippen molar-refractivity contribution in [1.29, 1.82) is 0 Å². The molecule has 112 valence electrons. The van der Waals surface area contributed by atoms with Crippen LogP contribution >= 0.6 is 23.2 Å². The largest absolute Gasteiger partial charge is 0.490 e. The van der Waals surface area contributed by atoms with Crippen molar-refractivity contribution in [3.63, 3.8) is 0 Å². The van der Waals surface area contributed by atoms with Crippen molar-refractivity contribution >= 4 is 23.2 Å². The lowest BCUT2D eigenvalue weighted by atomic mass is 10.2. The highest BCUT2D eigenvalue weighted by molar-refractivity contribution is 6.37. The molecule has 1 atom stereocenters. The maximum Gasteiger partial charge on any atom is 0.156 e. The minimum Gasteiger partial charge on any atom is -0.490 e. The zero-order valence-electron chi connectivity index (χ0n) is 11.8. The first-order chi connectivity index (χ1) is 9.70. The number of benzene rings is 1. The smallest absolute Gasteiger partial charge is 0.156 e. The molecule has 1 aromatic rings. The van der Waals surface area contributed by atoms with Crippen molar-refractivity contribution in [3.05, 3.63) is 27.7 Å². The zero-order valence-corrected chi connectivity index (χ0v) is 13.3. The van der Waals surface area contributed by atoms with Gasteiger partial charge in [-0.25, -0.2) is 0 Å². The van der Waals surface area contributed by atoms with E-state index in [0.29, 0.717) is 28.5 Å². The first-order valence-electron chi connectivity index (χ1n) is 7.13. The van der Waals surface area contributed by atoms with Crippen LogP contribution in [0.25, 0.3) is 0 Å². The fourth-order valence-electron chi connectivity index (χ4n) is 2.24. The maximum atomic E-state index is 6.21. The quantitative estimate of drug-likeness (QED) is 0.823. The molecule has 0 saturated carbocycles. The van der Waals surface area contributed by atoms with Gasteiger partial charge < -0.3 is 14.8 Å². The molecule has 1 aromatic carbocycles. The molecule has 0 bridgehead atoms. The molecular formula is C15H21Cl2NO2. The predicted molar refractivity (Wildman–Crippen MR) is 82.9 cm³/mol. The number of nitrogens with one attached hydrogen (secondary N) is 1. The Balaban J connectivity index is 1.88. The van der Waals surface area contributed by atoms with E-state index in [1.165, 1.54) is 0 Å². The van der Waals surface area contributed by atoms with Crippen molar-refractivity contribution in [2.24, 2.45) is 0 Å². The Hall–Kier alpha value is -0.480. The second-order valence-electron chi connectivity index (χ2n) is 5.00. The average molecular weight is 318 g/mol. The summed E-state index contributed by atoms with van der Waals surface area (Å²) in [5.74, 6) is 0.582. The molecule has 5 heteroatoms. The van der Waals surface area contributed by atoms with E-state index in [9.17, 15) is 0 Å². The standard InChI is InChI=1S/C15H21Cl2NO2/c1-2-5-20-15-13(16)7-11(8-14(15)17)9-18-10-12-4-3-6-19-12/h7-8,12,18H,2-6,9-10H2,1H3. The number of hydrogen-bond donors (Lipinski definition) is 1. The summed E-state index contributed by atoms with van der Waals surface area (Å²) in [6.45, 7) is 5.14. The van der Waals surface area contributed by atoms with Crippen LogP contribution in [0.5, 0.6) is 5.75 Å². The molecule has 20 heavy (non-hydrogen) atoms. The molecule has 3 nitrogen and oxygen atoms in total. The van der Waals surface area contributed by atoms with Crippen molar-refractivity contribution in [1.82, 2.24) is 5.32 Å². The average Bonchev–Trinajstić information content (AvgIpc) is 2.91. The molecule has 1 N–H and O–H groups in total. The van der Waals surface area contributed by atoms with Gasteiger partial charge >= 0.3 is 0 Å². The van der Waals surface area contributed by atoms with E-state index in [-0.39, 0.29) is 0 Å². The van der Waals surface area contributed by atoms with Gasteiger partial charge in [0.2, 0.25) is 0 Å². The molecule has 0 aliphatic carbocycles. The highest BCUT2D eigenvalue weighted by Crippen LogP contribution is 2.34. The Morgan fingerprint density at radius 1 is 1.35 bits per heavy atom. The minimum atomic E-state index is 0.341. The topological polar surface area (TPSA) is 30.5 Å². The molecule has 1 saturated heterocycles. The lowest BCUT2D eigenvalue weighted by Gasteiger charge is -2.13. The second kappa shape index (κ2) is 8.08. The molecule has 0 amide bonds.